The van der Waals surface area contributed by atoms with E-state index in [1.54, 1.807) is 0 Å². The molecule has 28 heavy (non-hydrogen) atoms. The third-order valence-electron chi connectivity index (χ3n) is 4.64. The minimum absolute atomic E-state index is 0.00188. The van der Waals surface area contributed by atoms with Crippen molar-refractivity contribution in [3.8, 4) is 0 Å². The highest BCUT2D eigenvalue weighted by Crippen LogP contribution is 2.41. The highest BCUT2D eigenvalue weighted by atomic mass is 35.5. The molecule has 2 heterocycles. The van der Waals surface area contributed by atoms with Gasteiger partial charge in [0.1, 0.15) is 17.1 Å². The summed E-state index contributed by atoms with van der Waals surface area (Å²) in [5.41, 5.74) is 0.598. The lowest BCUT2D eigenvalue weighted by Gasteiger charge is -2.48. The van der Waals surface area contributed by atoms with Gasteiger partial charge in [0.15, 0.2) is 0 Å². The van der Waals surface area contributed by atoms with Crippen LogP contribution < -0.4 is 10.6 Å². The number of benzene rings is 2. The first-order valence-electron chi connectivity index (χ1n) is 8.54. The van der Waals surface area contributed by atoms with Gasteiger partial charge < -0.3 is 15.7 Å². The molecule has 1 unspecified atom stereocenters. The molecule has 2 aromatic rings. The molecule has 144 valence electrons. The highest BCUT2D eigenvalue weighted by molar-refractivity contribution is 8.00. The topological polar surface area (TPSA) is 98.7 Å². The number of carboxylic acid groups (broad SMARTS) is 1. The number of carbonyl (C=O) groups is 3. The summed E-state index contributed by atoms with van der Waals surface area (Å²) in [7, 11) is 0. The second-order valence-electron chi connectivity index (χ2n) is 6.43. The predicted molar refractivity (Wildman–Crippen MR) is 108 cm³/mol. The van der Waals surface area contributed by atoms with Gasteiger partial charge in [-0.1, -0.05) is 41.9 Å². The summed E-state index contributed by atoms with van der Waals surface area (Å²) >= 11 is 7.26. The van der Waals surface area contributed by atoms with E-state index in [-0.39, 0.29) is 23.2 Å². The largest absolute Gasteiger partial charge is 0.477 e. The minimum Gasteiger partial charge on any atom is -0.477 e. The molecule has 2 aliphatic rings. The first kappa shape index (κ1) is 18.6. The average Bonchev–Trinajstić information content (AvgIpc) is 2.69. The number of fused-ring (bicyclic) bond motifs is 2. The summed E-state index contributed by atoms with van der Waals surface area (Å²) in [5.74, 6) is -1.76. The summed E-state index contributed by atoms with van der Waals surface area (Å²) in [5, 5.41) is 16.8. The Morgan fingerprint density at radius 1 is 1.21 bits per heavy atom. The van der Waals surface area contributed by atoms with Gasteiger partial charge in [-0.3, -0.25) is 14.5 Å². The number of carbonyl (C=O) groups excluding carboxylic acids is 2. The normalized spacial score (nSPS) is 21.2. The van der Waals surface area contributed by atoms with Crippen LogP contribution in [0.25, 0.3) is 10.8 Å². The van der Waals surface area contributed by atoms with Gasteiger partial charge >= 0.3 is 5.97 Å². The number of nitrogens with zero attached hydrogens (tertiary/aromatic N) is 1. The van der Waals surface area contributed by atoms with Crippen molar-refractivity contribution in [2.24, 2.45) is 0 Å². The number of aliphatic carboxylic acids is 1. The van der Waals surface area contributed by atoms with Crippen molar-refractivity contribution in [1.29, 1.82) is 0 Å². The van der Waals surface area contributed by atoms with Gasteiger partial charge in [0.2, 0.25) is 5.91 Å². The van der Waals surface area contributed by atoms with Crippen LogP contribution in [0.15, 0.2) is 53.2 Å². The third kappa shape index (κ3) is 3.29. The van der Waals surface area contributed by atoms with Gasteiger partial charge in [-0.05, 0) is 22.9 Å². The maximum absolute atomic E-state index is 12.3. The summed E-state index contributed by atoms with van der Waals surface area (Å²) in [6.07, 6.45) is 0. The van der Waals surface area contributed by atoms with E-state index in [1.165, 1.54) is 11.8 Å². The molecule has 1 fully saturated rings. The van der Waals surface area contributed by atoms with Gasteiger partial charge in [0, 0.05) is 11.4 Å². The van der Waals surface area contributed by atoms with Crippen LogP contribution in [0.3, 0.4) is 0 Å². The third-order valence-corrected chi connectivity index (χ3v) is 6.39. The highest BCUT2D eigenvalue weighted by Gasteiger charge is 2.54. The molecule has 0 bridgehead atoms. The summed E-state index contributed by atoms with van der Waals surface area (Å²) < 4.78 is 0. The maximum Gasteiger partial charge on any atom is 0.353 e. The fraction of sp³-hybridized carbons (Fsp3) is 0.211. The molecule has 2 aromatic carbocycles. The quantitative estimate of drug-likeness (QED) is 0.645. The Morgan fingerprint density at radius 2 is 1.96 bits per heavy atom. The van der Waals surface area contributed by atoms with Crippen LogP contribution in [0.5, 0.6) is 0 Å². The van der Waals surface area contributed by atoms with Crippen LogP contribution in [0.1, 0.15) is 0 Å². The lowest BCUT2D eigenvalue weighted by Crippen LogP contribution is -2.70. The Bertz CT molecular complexity index is 1030. The van der Waals surface area contributed by atoms with Crippen LogP contribution >= 0.6 is 23.4 Å². The fourth-order valence-electron chi connectivity index (χ4n) is 3.29. The van der Waals surface area contributed by atoms with Crippen molar-refractivity contribution >= 4 is 57.6 Å². The molecule has 4 rings (SSSR count). The van der Waals surface area contributed by atoms with E-state index in [9.17, 15) is 19.5 Å². The zero-order valence-electron chi connectivity index (χ0n) is 14.5. The lowest BCUT2D eigenvalue weighted by atomic mass is 10.1. The molecule has 9 heteroatoms. The second kappa shape index (κ2) is 7.37. The first-order valence-corrected chi connectivity index (χ1v) is 9.97. The zero-order valence-corrected chi connectivity index (χ0v) is 16.1. The Hall–Kier alpha value is -2.71. The van der Waals surface area contributed by atoms with Crippen molar-refractivity contribution in [3.63, 3.8) is 0 Å². The number of hydrogen-bond donors (Lipinski definition) is 3. The first-order chi connectivity index (χ1) is 13.5. The zero-order chi connectivity index (χ0) is 19.8. The van der Waals surface area contributed by atoms with E-state index in [4.69, 9.17) is 11.6 Å². The number of halogens is 1. The van der Waals surface area contributed by atoms with E-state index in [1.807, 2.05) is 42.5 Å². The molecule has 0 spiro atoms. The monoisotopic (exact) mass is 417 g/mol. The number of hydrogen-bond acceptors (Lipinski definition) is 5. The van der Waals surface area contributed by atoms with E-state index >= 15 is 0 Å². The smallest absolute Gasteiger partial charge is 0.353 e. The molecule has 2 aliphatic heterocycles. The van der Waals surface area contributed by atoms with E-state index < -0.39 is 23.3 Å². The Balaban J connectivity index is 1.37. The average molecular weight is 418 g/mol. The molecule has 3 N–H and O–H groups in total. The Kier molecular flexibility index (Phi) is 4.91. The van der Waals surface area contributed by atoms with Crippen molar-refractivity contribution in [2.45, 2.75) is 11.4 Å². The summed E-state index contributed by atoms with van der Waals surface area (Å²) in [6, 6.07) is 12.9. The van der Waals surface area contributed by atoms with Crippen LogP contribution in [0, 0.1) is 0 Å². The van der Waals surface area contributed by atoms with Crippen LogP contribution in [0.2, 0.25) is 0 Å². The SMILES string of the molecule is O=C(CNc1ccc2ccccc2c1)NC1C(=O)N2C(C(=O)O)=C(Cl)CS[C@@H]12. The van der Waals surface area contributed by atoms with Gasteiger partial charge in [-0.25, -0.2) is 4.79 Å². The fourth-order valence-corrected chi connectivity index (χ4v) is 4.84. The molecule has 1 saturated heterocycles. The van der Waals surface area contributed by atoms with Crippen LogP contribution in [0.4, 0.5) is 5.69 Å². The Morgan fingerprint density at radius 3 is 2.71 bits per heavy atom. The standard InChI is InChI=1S/C19H16ClN3O4S/c20-13-9-28-18-15(17(25)23(18)16(13)19(26)27)22-14(24)8-21-12-6-5-10-3-1-2-4-11(10)7-12/h1-7,15,18,21H,8-9H2,(H,22,24)(H,26,27)/t15?,18-/m0/s1. The van der Waals surface area contributed by atoms with E-state index in [0.717, 1.165) is 21.4 Å². The van der Waals surface area contributed by atoms with Gasteiger partial charge in [-0.2, -0.15) is 0 Å². The summed E-state index contributed by atoms with van der Waals surface area (Å²) in [6.45, 7) is 0.00188. The number of β-lactam (4-membered cyclic amide) rings is 1. The maximum atomic E-state index is 12.3. The molecular formula is C19H16ClN3O4S. The summed E-state index contributed by atoms with van der Waals surface area (Å²) in [4.78, 5) is 37.1. The predicted octanol–water partition coefficient (Wildman–Crippen LogP) is 2.19. The van der Waals surface area contributed by atoms with Gasteiger partial charge in [-0.15, -0.1) is 11.8 Å². The van der Waals surface area contributed by atoms with E-state index in [2.05, 4.69) is 10.6 Å². The van der Waals surface area contributed by atoms with Crippen molar-refractivity contribution in [1.82, 2.24) is 10.2 Å². The molecule has 0 saturated carbocycles. The molecule has 0 radical (unpaired) electrons. The molecule has 2 amide bonds. The van der Waals surface area contributed by atoms with Crippen molar-refractivity contribution < 1.29 is 19.5 Å². The van der Waals surface area contributed by atoms with Crippen LogP contribution in [-0.2, 0) is 14.4 Å². The Labute approximate surface area is 169 Å². The molecular weight excluding hydrogens is 402 g/mol. The van der Waals surface area contributed by atoms with Crippen molar-refractivity contribution in [2.75, 3.05) is 17.6 Å². The van der Waals surface area contributed by atoms with Gasteiger partial charge in [0.25, 0.3) is 5.91 Å². The molecule has 0 aromatic heterocycles. The molecule has 2 atom stereocenters. The number of rotatable bonds is 5. The number of carboxylic acids is 1. The van der Waals surface area contributed by atoms with E-state index in [0.29, 0.717) is 5.75 Å². The lowest BCUT2D eigenvalue weighted by molar-refractivity contribution is -0.150. The van der Waals surface area contributed by atoms with Crippen LogP contribution in [-0.4, -0.2) is 51.5 Å². The minimum atomic E-state index is -1.24. The second-order valence-corrected chi connectivity index (χ2v) is 7.99. The van der Waals surface area contributed by atoms with Gasteiger partial charge in [0.05, 0.1) is 11.6 Å². The molecule has 7 nitrogen and oxygen atoms in total. The number of thioether (sulfide) groups is 1. The number of nitrogens with one attached hydrogen (secondary N) is 2. The van der Waals surface area contributed by atoms with Crippen molar-refractivity contribution in [3.05, 3.63) is 53.2 Å². The number of anilines is 1. The number of amides is 2. The molecule has 0 aliphatic carbocycles.